The fourth-order valence-corrected chi connectivity index (χ4v) is 10.4. The van der Waals surface area contributed by atoms with Crippen LogP contribution in [0.3, 0.4) is 0 Å². The molecule has 0 unspecified atom stereocenters. The van der Waals surface area contributed by atoms with Crippen molar-refractivity contribution in [2.24, 2.45) is 82.2 Å². The third kappa shape index (κ3) is 5.65. The second-order valence-electron chi connectivity index (χ2n) is 24.0. The number of hydrogen-bond acceptors (Lipinski definition) is 0. The molecule has 0 radical (unpaired) electrons. The third-order valence-corrected chi connectivity index (χ3v) is 21.7. The Morgan fingerprint density at radius 3 is 0.630 bits per heavy atom. The zero-order chi connectivity index (χ0) is 38.4. The number of rotatable bonds is 14. The van der Waals surface area contributed by atoms with Gasteiger partial charge in [-0.3, -0.25) is 0 Å². The molecule has 46 heavy (non-hydrogen) atoms. The maximum Gasteiger partial charge on any atom is -0.0241 e. The summed E-state index contributed by atoms with van der Waals surface area (Å²) in [7, 11) is 0. The van der Waals surface area contributed by atoms with E-state index in [-0.39, 0.29) is 70.4 Å². The molecule has 0 aromatic carbocycles. The van der Waals surface area contributed by atoms with Crippen LogP contribution in [0.15, 0.2) is 0 Å². The summed E-state index contributed by atoms with van der Waals surface area (Å²) in [6.07, 6.45) is 1.24. The summed E-state index contributed by atoms with van der Waals surface area (Å²) in [4.78, 5) is 0. The molecule has 0 aromatic heterocycles. The zero-order valence-corrected chi connectivity index (χ0v) is 38.4. The Morgan fingerprint density at radius 2 is 0.457 bits per heavy atom. The molecule has 0 heterocycles. The predicted octanol–water partition coefficient (Wildman–Crippen LogP) is 16.0. The molecule has 0 bridgehead atoms. The Bertz CT molecular complexity index is 1030. The van der Waals surface area contributed by atoms with Crippen molar-refractivity contribution in [2.75, 3.05) is 0 Å². The summed E-state index contributed by atoms with van der Waals surface area (Å²) in [6, 6.07) is 0. The van der Waals surface area contributed by atoms with E-state index in [1.54, 1.807) is 0 Å². The molecule has 0 aliphatic rings. The molecule has 0 aliphatic heterocycles. The van der Waals surface area contributed by atoms with Crippen molar-refractivity contribution in [3.05, 3.63) is 0 Å². The van der Waals surface area contributed by atoms with Gasteiger partial charge in [-0.1, -0.05) is 214 Å². The van der Waals surface area contributed by atoms with E-state index >= 15 is 0 Å². The molecule has 0 saturated carbocycles. The lowest BCUT2D eigenvalue weighted by atomic mass is 9.31. The van der Waals surface area contributed by atoms with E-state index in [1.165, 1.54) is 6.42 Å². The summed E-state index contributed by atoms with van der Waals surface area (Å²) in [5.74, 6) is 1.34. The average Bonchev–Trinajstić information content (AvgIpc) is 2.85. The highest BCUT2D eigenvalue weighted by Gasteiger charge is 2.70. The van der Waals surface area contributed by atoms with E-state index in [1.807, 2.05) is 0 Å². The molecule has 0 nitrogen and oxygen atoms in total. The van der Waals surface area contributed by atoms with Gasteiger partial charge in [-0.05, 0) is 82.2 Å². The summed E-state index contributed by atoms with van der Waals surface area (Å²) < 4.78 is 0. The minimum atomic E-state index is 0.00323. The average molecular weight is 647 g/mol. The lowest BCUT2D eigenvalue weighted by Gasteiger charge is -2.73. The quantitative estimate of drug-likeness (QED) is 0.176. The van der Waals surface area contributed by atoms with Crippen LogP contribution in [0.2, 0.25) is 0 Å². The summed E-state index contributed by atoms with van der Waals surface area (Å²) in [6.45, 7) is 77.0. The third-order valence-electron chi connectivity index (χ3n) is 21.7. The highest BCUT2D eigenvalue weighted by atomic mass is 14.7. The molecule has 278 valence electrons. The van der Waals surface area contributed by atoms with Gasteiger partial charge in [-0.2, -0.15) is 0 Å². The molecule has 0 saturated heterocycles. The molecule has 0 fully saturated rings. The first-order valence-electron chi connectivity index (χ1n) is 19.4. The standard InChI is InChI=1S/C46H94/c1-31-32(2)33(3)35(7,8)37(11,12)39(15,16)41(19,20)43(23,24)45(27,28)46(29,30)44(25,26)42(21,22)40(17,18)38(13,14)36(9,10)34(4,5)6/h32-33H,31H2,1-30H3/t32-,33+/m0/s1. The monoisotopic (exact) mass is 647 g/mol. The van der Waals surface area contributed by atoms with E-state index in [4.69, 9.17) is 0 Å². The Labute approximate surface area is 295 Å². The maximum absolute atomic E-state index is 2.62. The normalized spacial score (nSPS) is 18.1. The molecule has 0 spiro atoms. The molecule has 2 atom stereocenters. The minimum absolute atomic E-state index is 0.00323. The highest BCUT2D eigenvalue weighted by Crippen LogP contribution is 2.76. The van der Waals surface area contributed by atoms with Gasteiger partial charge in [0.05, 0.1) is 0 Å². The van der Waals surface area contributed by atoms with Gasteiger partial charge in [0.1, 0.15) is 0 Å². The van der Waals surface area contributed by atoms with Gasteiger partial charge >= 0.3 is 0 Å². The Kier molecular flexibility index (Phi) is 12.1. The van der Waals surface area contributed by atoms with Gasteiger partial charge < -0.3 is 0 Å². The molecule has 0 heteroatoms. The largest absolute Gasteiger partial charge is 0.0651 e. The van der Waals surface area contributed by atoms with E-state index in [9.17, 15) is 0 Å². The highest BCUT2D eigenvalue weighted by molar-refractivity contribution is 5.18. The van der Waals surface area contributed by atoms with Gasteiger partial charge in [0.25, 0.3) is 0 Å². The topological polar surface area (TPSA) is 0 Å². The minimum Gasteiger partial charge on any atom is -0.0651 e. The second kappa shape index (κ2) is 12.1. The summed E-state index contributed by atoms with van der Waals surface area (Å²) in [5.41, 5.74) is 0.858. The first-order chi connectivity index (χ1) is 19.4. The summed E-state index contributed by atoms with van der Waals surface area (Å²) >= 11 is 0. The van der Waals surface area contributed by atoms with Gasteiger partial charge in [0.2, 0.25) is 0 Å². The van der Waals surface area contributed by atoms with Crippen molar-refractivity contribution >= 4 is 0 Å². The van der Waals surface area contributed by atoms with Crippen molar-refractivity contribution < 1.29 is 0 Å². The van der Waals surface area contributed by atoms with Crippen LogP contribution < -0.4 is 0 Å². The lowest BCUT2D eigenvalue weighted by Crippen LogP contribution is -2.67. The Morgan fingerprint density at radius 1 is 0.283 bits per heavy atom. The van der Waals surface area contributed by atoms with Crippen LogP contribution in [0.25, 0.3) is 0 Å². The van der Waals surface area contributed by atoms with Crippen molar-refractivity contribution in [3.63, 3.8) is 0 Å². The van der Waals surface area contributed by atoms with Crippen molar-refractivity contribution in [1.29, 1.82) is 0 Å². The number of hydrogen-bond donors (Lipinski definition) is 0. The van der Waals surface area contributed by atoms with Crippen molar-refractivity contribution in [1.82, 2.24) is 0 Å². The van der Waals surface area contributed by atoms with Crippen LogP contribution in [0.5, 0.6) is 0 Å². The Hall–Kier alpha value is 0. The molecule has 0 amide bonds. The van der Waals surface area contributed by atoms with Crippen LogP contribution in [-0.2, 0) is 0 Å². The van der Waals surface area contributed by atoms with Crippen molar-refractivity contribution in [3.8, 4) is 0 Å². The van der Waals surface area contributed by atoms with E-state index in [0.717, 1.165) is 0 Å². The van der Waals surface area contributed by atoms with E-state index < -0.39 is 0 Å². The van der Waals surface area contributed by atoms with E-state index in [0.29, 0.717) is 11.8 Å². The molecular formula is C46H94. The van der Waals surface area contributed by atoms with Gasteiger partial charge in [-0.25, -0.2) is 0 Å². The molecular weight excluding hydrogens is 553 g/mol. The van der Waals surface area contributed by atoms with Crippen LogP contribution in [0, 0.1) is 82.2 Å². The van der Waals surface area contributed by atoms with Crippen molar-refractivity contribution in [2.45, 2.75) is 214 Å². The van der Waals surface area contributed by atoms with E-state index in [2.05, 4.69) is 208 Å². The SMILES string of the molecule is CC[C@H](C)[C@@H](C)C(C)(C)C(C)(C)C(C)(C)C(C)(C)C(C)(C)C(C)(C)C(C)(C)C(C)(C)C(C)(C)C(C)(C)C(C)(C)C(C)(C)C(C)(C)C. The molecule has 0 aliphatic carbocycles. The zero-order valence-electron chi connectivity index (χ0n) is 38.4. The smallest absolute Gasteiger partial charge is 0.0241 e. The first kappa shape index (κ1) is 46.0. The predicted molar refractivity (Wildman–Crippen MR) is 213 cm³/mol. The van der Waals surface area contributed by atoms with Gasteiger partial charge in [0, 0.05) is 0 Å². The van der Waals surface area contributed by atoms with Gasteiger partial charge in [-0.15, -0.1) is 0 Å². The second-order valence-corrected chi connectivity index (χ2v) is 24.0. The fourth-order valence-electron chi connectivity index (χ4n) is 10.4. The molecule has 0 rings (SSSR count). The lowest BCUT2D eigenvalue weighted by molar-refractivity contribution is -0.251. The summed E-state index contributed by atoms with van der Waals surface area (Å²) in [5, 5.41) is 0. The van der Waals surface area contributed by atoms with Gasteiger partial charge in [0.15, 0.2) is 0 Å². The first-order valence-corrected chi connectivity index (χ1v) is 19.4. The van der Waals surface area contributed by atoms with Crippen LogP contribution in [0.1, 0.15) is 214 Å². The van der Waals surface area contributed by atoms with Crippen LogP contribution in [-0.4, -0.2) is 0 Å². The Balaban J connectivity index is 7.49. The maximum atomic E-state index is 2.62. The van der Waals surface area contributed by atoms with Crippen LogP contribution >= 0.6 is 0 Å². The molecule has 0 aromatic rings. The fraction of sp³-hybridized carbons (Fsp3) is 1.00. The molecule has 0 N–H and O–H groups in total. The van der Waals surface area contributed by atoms with Crippen LogP contribution in [0.4, 0.5) is 0 Å².